The molecule has 0 saturated heterocycles. The summed E-state index contributed by atoms with van der Waals surface area (Å²) < 4.78 is 2.10. The largest absolute Gasteiger partial charge is 0.364 e. The lowest BCUT2D eigenvalue weighted by atomic mass is 9.92. The molecule has 1 aromatic carbocycles. The van der Waals surface area contributed by atoms with Crippen LogP contribution in [0.15, 0.2) is 42.7 Å². The summed E-state index contributed by atoms with van der Waals surface area (Å²) in [4.78, 5) is 16.9. The van der Waals surface area contributed by atoms with Gasteiger partial charge in [-0.25, -0.2) is 4.98 Å². The van der Waals surface area contributed by atoms with E-state index in [9.17, 15) is 0 Å². The molecule has 1 aliphatic rings. The van der Waals surface area contributed by atoms with Crippen LogP contribution in [0.5, 0.6) is 0 Å². The van der Waals surface area contributed by atoms with E-state index in [4.69, 9.17) is 15.7 Å². The number of halogens is 1. The normalized spacial score (nSPS) is 18.0. The van der Waals surface area contributed by atoms with Gasteiger partial charge < -0.3 is 20.9 Å². The Bertz CT molecular complexity index is 1260. The first-order valence-corrected chi connectivity index (χ1v) is 12.9. The fourth-order valence-electron chi connectivity index (χ4n) is 4.49. The molecule has 7 nitrogen and oxygen atoms in total. The number of fused-ring (bicyclic) bond motifs is 1. The van der Waals surface area contributed by atoms with E-state index in [2.05, 4.69) is 77.4 Å². The highest BCUT2D eigenvalue weighted by molar-refractivity contribution is 7.15. The van der Waals surface area contributed by atoms with Crippen molar-refractivity contribution < 1.29 is 0 Å². The van der Waals surface area contributed by atoms with E-state index in [1.54, 1.807) is 0 Å². The second-order valence-corrected chi connectivity index (χ2v) is 10.8. The van der Waals surface area contributed by atoms with E-state index in [0.29, 0.717) is 24.6 Å². The van der Waals surface area contributed by atoms with Gasteiger partial charge in [0.05, 0.1) is 6.33 Å². The number of nitrogens with zero attached hydrogens (tertiary/aromatic N) is 4. The van der Waals surface area contributed by atoms with Gasteiger partial charge in [-0.15, -0.1) is 23.7 Å². The predicted octanol–water partition coefficient (Wildman–Crippen LogP) is 6.16. The van der Waals surface area contributed by atoms with Crippen LogP contribution in [0, 0.1) is 6.92 Å². The zero-order valence-electron chi connectivity index (χ0n) is 20.5. The number of rotatable bonds is 7. The third-order valence-electron chi connectivity index (χ3n) is 6.52. The monoisotopic (exact) mass is 511 g/mol. The van der Waals surface area contributed by atoms with Gasteiger partial charge >= 0.3 is 0 Å². The molecular weight excluding hydrogens is 478 g/mol. The number of aromatic nitrogens is 4. The van der Waals surface area contributed by atoms with Gasteiger partial charge in [-0.05, 0) is 69.7 Å². The molecule has 9 heteroatoms. The molecule has 0 radical (unpaired) electrons. The zero-order valence-corrected chi connectivity index (χ0v) is 22.1. The SMILES string of the molecule is Cc1ccc(-c2ccc(CNc3nc(NC4CCC(N)CC4)nc4c3ncn4C(C)C)cc2)s1.Cl. The summed E-state index contributed by atoms with van der Waals surface area (Å²) >= 11 is 1.82. The highest BCUT2D eigenvalue weighted by Crippen LogP contribution is 2.29. The van der Waals surface area contributed by atoms with E-state index in [0.717, 1.165) is 42.7 Å². The molecule has 1 aliphatic carbocycles. The highest BCUT2D eigenvalue weighted by atomic mass is 35.5. The quantitative estimate of drug-likeness (QED) is 0.275. The molecule has 186 valence electrons. The molecule has 0 amide bonds. The van der Waals surface area contributed by atoms with Crippen molar-refractivity contribution in [2.24, 2.45) is 5.73 Å². The van der Waals surface area contributed by atoms with E-state index in [1.165, 1.54) is 20.9 Å². The van der Waals surface area contributed by atoms with Crippen LogP contribution in [0.2, 0.25) is 0 Å². The minimum absolute atomic E-state index is 0. The smallest absolute Gasteiger partial charge is 0.227 e. The van der Waals surface area contributed by atoms with Crippen LogP contribution in [-0.2, 0) is 6.54 Å². The molecule has 0 atom stereocenters. The van der Waals surface area contributed by atoms with Crippen LogP contribution in [0.4, 0.5) is 11.8 Å². The Morgan fingerprint density at radius 2 is 1.80 bits per heavy atom. The van der Waals surface area contributed by atoms with Crippen molar-refractivity contribution in [1.82, 2.24) is 19.5 Å². The van der Waals surface area contributed by atoms with E-state index in [-0.39, 0.29) is 18.4 Å². The van der Waals surface area contributed by atoms with Gasteiger partial charge in [0.25, 0.3) is 0 Å². The molecule has 4 N–H and O–H groups in total. The van der Waals surface area contributed by atoms with Crippen molar-refractivity contribution in [1.29, 1.82) is 0 Å². The average Bonchev–Trinajstić information content (AvgIpc) is 3.46. The molecule has 0 spiro atoms. The molecule has 1 fully saturated rings. The van der Waals surface area contributed by atoms with Crippen molar-refractivity contribution >= 4 is 46.7 Å². The summed E-state index contributed by atoms with van der Waals surface area (Å²) in [5.74, 6) is 1.42. The topological polar surface area (TPSA) is 93.7 Å². The first-order valence-electron chi connectivity index (χ1n) is 12.1. The Morgan fingerprint density at radius 1 is 1.06 bits per heavy atom. The summed E-state index contributed by atoms with van der Waals surface area (Å²) in [5.41, 5.74) is 10.2. The van der Waals surface area contributed by atoms with Gasteiger partial charge in [0.15, 0.2) is 17.0 Å². The van der Waals surface area contributed by atoms with Crippen LogP contribution in [0.1, 0.15) is 56.0 Å². The number of nitrogens with two attached hydrogens (primary N) is 1. The Hall–Kier alpha value is -2.68. The molecule has 0 unspecified atom stereocenters. The van der Waals surface area contributed by atoms with Gasteiger partial charge in [0.2, 0.25) is 5.95 Å². The van der Waals surface area contributed by atoms with E-state index >= 15 is 0 Å². The maximum Gasteiger partial charge on any atom is 0.227 e. The first kappa shape index (κ1) is 25.4. The van der Waals surface area contributed by atoms with Crippen LogP contribution in [-0.4, -0.2) is 31.6 Å². The lowest BCUT2D eigenvalue weighted by molar-refractivity contribution is 0.410. The molecule has 5 rings (SSSR count). The maximum absolute atomic E-state index is 6.09. The van der Waals surface area contributed by atoms with Gasteiger partial charge in [0.1, 0.15) is 0 Å². The van der Waals surface area contributed by atoms with Gasteiger partial charge in [-0.2, -0.15) is 9.97 Å². The second-order valence-electron chi connectivity index (χ2n) is 9.53. The van der Waals surface area contributed by atoms with E-state index in [1.807, 2.05) is 17.7 Å². The van der Waals surface area contributed by atoms with E-state index < -0.39 is 0 Å². The molecule has 3 aromatic heterocycles. The Balaban J connectivity index is 0.00000289. The number of nitrogens with one attached hydrogen (secondary N) is 2. The maximum atomic E-state index is 6.09. The molecule has 3 heterocycles. The van der Waals surface area contributed by atoms with Crippen molar-refractivity contribution in [3.05, 3.63) is 53.2 Å². The van der Waals surface area contributed by atoms with Gasteiger partial charge in [-0.1, -0.05) is 24.3 Å². The fraction of sp³-hybridized carbons (Fsp3) is 0.423. The third-order valence-corrected chi connectivity index (χ3v) is 7.57. The number of thiophene rings is 1. The molecule has 0 aliphatic heterocycles. The second kappa shape index (κ2) is 10.9. The third kappa shape index (κ3) is 5.77. The lowest BCUT2D eigenvalue weighted by Gasteiger charge is -2.27. The summed E-state index contributed by atoms with van der Waals surface area (Å²) in [6.45, 7) is 7.09. The number of benzene rings is 1. The summed E-state index contributed by atoms with van der Waals surface area (Å²) in [6, 6.07) is 14.0. The van der Waals surface area contributed by atoms with Crippen molar-refractivity contribution in [2.45, 2.75) is 71.1 Å². The van der Waals surface area contributed by atoms with Gasteiger partial charge in [0, 0.05) is 34.4 Å². The molecule has 4 aromatic rings. The minimum atomic E-state index is 0. The number of hydrogen-bond acceptors (Lipinski definition) is 7. The van der Waals surface area contributed by atoms with Crippen LogP contribution in [0.3, 0.4) is 0 Å². The minimum Gasteiger partial charge on any atom is -0.364 e. The Morgan fingerprint density at radius 3 is 2.46 bits per heavy atom. The zero-order chi connectivity index (χ0) is 23.7. The van der Waals surface area contributed by atoms with Gasteiger partial charge in [-0.3, -0.25) is 0 Å². The first-order chi connectivity index (χ1) is 16.5. The molecular formula is C26H34ClN7S. The summed E-state index contributed by atoms with van der Waals surface area (Å²) in [7, 11) is 0. The number of aryl methyl sites for hydroxylation is 1. The predicted molar refractivity (Wildman–Crippen MR) is 149 cm³/mol. The van der Waals surface area contributed by atoms with Crippen LogP contribution >= 0.6 is 23.7 Å². The molecule has 1 saturated carbocycles. The van der Waals surface area contributed by atoms with Crippen molar-refractivity contribution in [2.75, 3.05) is 10.6 Å². The lowest BCUT2D eigenvalue weighted by Crippen LogP contribution is -2.33. The van der Waals surface area contributed by atoms with Crippen molar-refractivity contribution in [3.63, 3.8) is 0 Å². The Labute approximate surface area is 217 Å². The number of anilines is 2. The highest BCUT2D eigenvalue weighted by Gasteiger charge is 2.21. The molecule has 35 heavy (non-hydrogen) atoms. The average molecular weight is 512 g/mol. The Kier molecular flexibility index (Phi) is 7.94. The fourth-order valence-corrected chi connectivity index (χ4v) is 5.36. The summed E-state index contributed by atoms with van der Waals surface area (Å²) in [5, 5.41) is 7.08. The summed E-state index contributed by atoms with van der Waals surface area (Å²) in [6.07, 6.45) is 6.03. The number of imidazole rings is 1. The molecule has 0 bridgehead atoms. The number of hydrogen-bond donors (Lipinski definition) is 3. The van der Waals surface area contributed by atoms with Crippen molar-refractivity contribution in [3.8, 4) is 10.4 Å². The standard InChI is InChI=1S/C26H33N7S.ClH/c1-16(2)33-15-29-23-24(31-26(32-25(23)33)30-21-11-9-20(27)10-12-21)28-14-18-5-7-19(8-6-18)22-13-4-17(3)34-22;/h4-8,13,15-16,20-21H,9-12,14,27H2,1-3H3,(H2,28,30,31,32);1H. The van der Waals surface area contributed by atoms with Crippen LogP contribution in [0.25, 0.3) is 21.6 Å². The van der Waals surface area contributed by atoms with Crippen LogP contribution < -0.4 is 16.4 Å².